The van der Waals surface area contributed by atoms with Crippen LogP contribution in [0.3, 0.4) is 0 Å². The molecule has 10 aromatic rings. The number of azide groups is 3. The molecule has 0 bridgehead atoms. The number of nitrogens with one attached hydrogen (secondary N) is 2. The molecule has 15 N–H and O–H groups in total. The highest BCUT2D eigenvalue weighted by Crippen LogP contribution is 2.64. The Bertz CT molecular complexity index is 6730. The van der Waals surface area contributed by atoms with Crippen molar-refractivity contribution in [1.82, 2.24) is 30.2 Å². The lowest BCUT2D eigenvalue weighted by atomic mass is 9.66. The molecule has 133 heavy (non-hydrogen) atoms. The van der Waals surface area contributed by atoms with Crippen molar-refractivity contribution in [3.63, 3.8) is 0 Å². The minimum atomic E-state index is -1.15. The molecule has 8 atom stereocenters. The van der Waals surface area contributed by atoms with E-state index in [1.165, 1.54) is 60.7 Å². The molecule has 4 spiro atoms. The molecule has 0 saturated carbocycles. The number of terminal acetylenes is 4. The van der Waals surface area contributed by atoms with E-state index in [9.17, 15) is 90.4 Å². The van der Waals surface area contributed by atoms with E-state index >= 15 is 0 Å². The lowest BCUT2D eigenvalue weighted by molar-refractivity contribution is -0.117. The first kappa shape index (κ1) is 90.9. The second-order valence-electron chi connectivity index (χ2n) is 34.8. The van der Waals surface area contributed by atoms with Crippen LogP contribution in [-0.4, -0.2) is 168 Å². The molecule has 0 fully saturated rings. The van der Waals surface area contributed by atoms with Gasteiger partial charge >= 0.3 is 0 Å². The number of carbonyl (C=O) groups is 5. The van der Waals surface area contributed by atoms with Gasteiger partial charge in [0.25, 0.3) is 29.5 Å². The number of rotatable bonds is 11. The molecule has 4 aliphatic carbocycles. The van der Waals surface area contributed by atoms with Gasteiger partial charge in [0.05, 0.1) is 36.0 Å². The summed E-state index contributed by atoms with van der Waals surface area (Å²) < 4.78 is 0. The van der Waals surface area contributed by atoms with Crippen LogP contribution in [0.4, 0.5) is 5.69 Å². The van der Waals surface area contributed by atoms with E-state index in [2.05, 4.69) is 57.5 Å². The van der Waals surface area contributed by atoms with E-state index < -0.39 is 45.6 Å². The molecule has 0 saturated heterocycles. The Morgan fingerprint density at radius 3 is 1.25 bits per heavy atom. The molecule has 33 nitrogen and oxygen atoms in total. The third-order valence-electron chi connectivity index (χ3n) is 26.9. The van der Waals surface area contributed by atoms with E-state index in [0.29, 0.717) is 112 Å². The average Bonchev–Trinajstić information content (AvgIpc) is 1.68. The highest BCUT2D eigenvalue weighted by atomic mass is 16.3. The average molecular weight is 1790 g/mol. The zero-order valence-electron chi connectivity index (χ0n) is 72.3. The molecule has 5 amide bonds. The Hall–Kier alpha value is -16.9. The Morgan fingerprint density at radius 2 is 0.774 bits per heavy atom. The second-order valence-corrected chi connectivity index (χ2v) is 34.8. The van der Waals surface area contributed by atoms with Gasteiger partial charge in [-0.15, -0.1) is 25.7 Å². The fourth-order valence-electron chi connectivity index (χ4n) is 21.0. The monoisotopic (exact) mass is 1790 g/mol. The Morgan fingerprint density at radius 1 is 0.406 bits per heavy atom. The molecular weight excluding hydrogens is 1700 g/mol. The van der Waals surface area contributed by atoms with Crippen LogP contribution in [0.15, 0.2) is 161 Å². The summed E-state index contributed by atoms with van der Waals surface area (Å²) in [5.41, 5.74) is 38.9. The normalized spacial score (nSPS) is 20.7. The van der Waals surface area contributed by atoms with Crippen LogP contribution >= 0.6 is 0 Å². The van der Waals surface area contributed by atoms with Gasteiger partial charge in [-0.05, 0) is 297 Å². The van der Waals surface area contributed by atoms with Crippen LogP contribution in [0, 0.1) is 77.1 Å². The molecule has 672 valence electrons. The summed E-state index contributed by atoms with van der Waals surface area (Å²) in [7, 11) is 0. The third-order valence-corrected chi connectivity index (χ3v) is 26.9. The van der Waals surface area contributed by atoms with Gasteiger partial charge in [0.2, 0.25) is 0 Å². The van der Waals surface area contributed by atoms with Gasteiger partial charge in [-0.2, -0.15) is 0 Å². The fourth-order valence-corrected chi connectivity index (χ4v) is 21.0. The van der Waals surface area contributed by atoms with Crippen molar-refractivity contribution in [3.05, 3.63) is 299 Å². The van der Waals surface area contributed by atoms with Gasteiger partial charge in [-0.1, -0.05) is 75.2 Å². The van der Waals surface area contributed by atoms with Gasteiger partial charge < -0.3 is 91.7 Å². The maximum atomic E-state index is 13.9. The number of hydrogen-bond donors (Lipinski definition) is 15. The van der Waals surface area contributed by atoms with Crippen LogP contribution in [0.5, 0.6) is 74.7 Å². The number of carbonyl (C=O) groups excluding carboxylic acids is 5. The highest BCUT2D eigenvalue weighted by Gasteiger charge is 2.56. The van der Waals surface area contributed by atoms with Gasteiger partial charge in [-0.25, -0.2) is 0 Å². The van der Waals surface area contributed by atoms with Crippen LogP contribution < -0.4 is 10.6 Å². The summed E-state index contributed by atoms with van der Waals surface area (Å²) in [4.78, 5) is 80.1. The topological polar surface area (TPSA) is 532 Å². The summed E-state index contributed by atoms with van der Waals surface area (Å²) in [5.74, 6) is 4.24. The highest BCUT2D eigenvalue weighted by molar-refractivity contribution is 6.00. The molecule has 0 aromatic heterocycles. The van der Waals surface area contributed by atoms with Crippen molar-refractivity contribution in [2.45, 2.75) is 119 Å². The first-order valence-electron chi connectivity index (χ1n) is 42.1. The smallest absolute Gasteiger partial charge is 0.296 e. The molecule has 10 aromatic carbocycles. The molecule has 33 heteroatoms. The number of hydrogen-bond acceptors (Lipinski definition) is 22. The van der Waals surface area contributed by atoms with Crippen LogP contribution in [-0.2, 0) is 50.9 Å². The molecule has 18 rings (SSSR count). The van der Waals surface area contributed by atoms with E-state index in [0.717, 1.165) is 55.6 Å². The van der Waals surface area contributed by atoms with E-state index in [4.69, 9.17) is 42.3 Å². The van der Waals surface area contributed by atoms with Crippen LogP contribution in [0.2, 0.25) is 0 Å². The number of amides is 5. The molecule has 0 radical (unpaired) electrons. The molecule has 8 aliphatic rings. The molecule has 4 aliphatic heterocycles. The van der Waals surface area contributed by atoms with Crippen molar-refractivity contribution in [1.29, 1.82) is 0 Å². The SMILES string of the molecule is C#CC(=O)NC1CC2(CC(NC(=O)C#C)c3cc(O)c(O)cc32)c2cc(C)c(O)cc21.C#CCN1Cc2cc(C)c(O)cc2C2(C1)CN(CC#C)C(=O)c1cc(O)c(O)cc12.Cc1cc2c(cc1O)C(CN=[N+]=[N-])CC21CC(CN=[N+]=[N-])c2cc(O)c(O)cc21.Cc1ccc(C(=O)N2Cc3cc(O)c(O)cc3C3(C2)CN(C(=O)c2ccc(N=[N+]=[N-])cc2)Cc2cc(O)c(O)cc23)cc1. The first-order valence-corrected chi connectivity index (χ1v) is 42.1. The lowest BCUT2D eigenvalue weighted by Gasteiger charge is -2.50. The molecule has 8 unspecified atom stereocenters. The summed E-state index contributed by atoms with van der Waals surface area (Å²) in [6, 6.07) is 37.5. The number of benzene rings is 10. The standard InChI is InChI=1S/C32H27N5O6.C24H20N2O5.C24H22N2O4.C20H20N6O3/c1-18-2-4-19(5-3-18)30(42)36-14-21-10-26(38)28(40)12-24(21)32(16-36)17-37(15-22-11-27(39)29(41)13-25(22)32)31(43)20-6-8-23(9-7-20)34-35-33;1-4-22(30)25-17-10-24(15-6-12(3)19(27)7-13(15)17)11-18(26-23(31)5-2)14-8-20(28)21(29)9-16(14)24;1-4-6-25-12-16-8-15(3)20(27)10-18(16)24(13-25)14-26(7-5-2)23(30)17-9-21(28)22(29)11-19(17)24;1-10-2-15-13(3-17(10)27)11(8-23-25-21)6-20(15)7-12(9-24-26-22)14-4-18(28)19(29)5-16(14)20/h2-13,38-41H,14-17H2,1H3;1-2,6-9,17-18,27-29H,10-11H2,3H3,(H,25,30)(H,26,31);1-2,8-11,27-29H,6-7,12-14H2,3H3;2-5,11-12,27-29H,6-9H2,1H3. The number of nitrogens with zero attached hydrogens (tertiary/aromatic N) is 13. The number of phenols is 13. The molecular formula is C100H89N15O18. The van der Waals surface area contributed by atoms with Gasteiger partial charge in [-0.3, -0.25) is 28.9 Å². The number of aromatic hydroxyl groups is 13. The van der Waals surface area contributed by atoms with E-state index in [-0.39, 0.29) is 162 Å². The second kappa shape index (κ2) is 35.6. The minimum absolute atomic E-state index is 0.0516. The summed E-state index contributed by atoms with van der Waals surface area (Å²) in [6.45, 7) is 10.0. The van der Waals surface area contributed by atoms with Crippen LogP contribution in [0.1, 0.15) is 186 Å². The Kier molecular flexibility index (Phi) is 24.3. The quantitative estimate of drug-likeness (QED) is 0.0188. The van der Waals surface area contributed by atoms with Gasteiger partial charge in [0, 0.05) is 107 Å². The van der Waals surface area contributed by atoms with Crippen molar-refractivity contribution in [3.8, 4) is 124 Å². The van der Waals surface area contributed by atoms with E-state index in [1.807, 2.05) is 62.9 Å². The predicted octanol–water partition coefficient (Wildman–Crippen LogP) is 14.1. The van der Waals surface area contributed by atoms with E-state index in [1.54, 1.807) is 76.2 Å². The Labute approximate surface area is 761 Å². The first-order chi connectivity index (χ1) is 63.5. The summed E-state index contributed by atoms with van der Waals surface area (Å²) in [6.07, 6.45) is 23.6. The zero-order valence-corrected chi connectivity index (χ0v) is 72.3. The zero-order chi connectivity index (χ0) is 95.4. The lowest BCUT2D eigenvalue weighted by Crippen LogP contribution is -2.57. The van der Waals surface area contributed by atoms with Crippen molar-refractivity contribution in [2.24, 2.45) is 15.3 Å². The van der Waals surface area contributed by atoms with Gasteiger partial charge in [0.1, 0.15) is 17.2 Å². The Balaban J connectivity index is 0.000000137. The summed E-state index contributed by atoms with van der Waals surface area (Å²) >= 11 is 0. The number of phenolic OH excluding ortho intramolecular Hbond substituents is 13. The van der Waals surface area contributed by atoms with Crippen molar-refractivity contribution >= 4 is 35.2 Å². The third kappa shape index (κ3) is 16.3. The maximum Gasteiger partial charge on any atom is 0.296 e. The summed E-state index contributed by atoms with van der Waals surface area (Å²) in [5, 5.41) is 151. The van der Waals surface area contributed by atoms with Crippen molar-refractivity contribution in [2.75, 3.05) is 52.4 Å². The number of aryl methyl sites for hydroxylation is 4. The molecule has 4 heterocycles. The minimum Gasteiger partial charge on any atom is -0.508 e. The largest absolute Gasteiger partial charge is 0.508 e. The predicted molar refractivity (Wildman–Crippen MR) is 487 cm³/mol. The number of fused-ring (bicyclic) bond motifs is 16. The maximum absolute atomic E-state index is 13.9. The van der Waals surface area contributed by atoms with Gasteiger partial charge in [0.15, 0.2) is 57.5 Å². The fraction of sp³-hybridized carbons (Fsp3) is 0.270. The van der Waals surface area contributed by atoms with Crippen molar-refractivity contribution < 1.29 is 90.4 Å². The van der Waals surface area contributed by atoms with Crippen LogP contribution in [0.25, 0.3) is 31.3 Å².